The van der Waals surface area contributed by atoms with Crippen molar-refractivity contribution in [3.8, 4) is 0 Å². The van der Waals surface area contributed by atoms with Crippen LogP contribution in [0.15, 0.2) is 0 Å². The van der Waals surface area contributed by atoms with E-state index < -0.39 is 22.0 Å². The van der Waals surface area contributed by atoms with E-state index in [1.165, 1.54) is 14.0 Å². The van der Waals surface area contributed by atoms with Crippen LogP contribution in [-0.2, 0) is 10.1 Å². The van der Waals surface area contributed by atoms with Gasteiger partial charge in [0.15, 0.2) is 0 Å². The standard InChI is InChI=1S/C3H8O4S.CH5N/c1-3(4)2-8(5,6)7;1-2/h3-4H,2H2,1H3,(H,5,6,7);2H2,1H3. The van der Waals surface area contributed by atoms with Gasteiger partial charge in [-0.25, -0.2) is 0 Å². The van der Waals surface area contributed by atoms with E-state index in [9.17, 15) is 8.42 Å². The van der Waals surface area contributed by atoms with E-state index in [2.05, 4.69) is 5.73 Å². The summed E-state index contributed by atoms with van der Waals surface area (Å²) < 4.78 is 27.7. The summed E-state index contributed by atoms with van der Waals surface area (Å²) in [5, 5.41) is 8.35. The summed E-state index contributed by atoms with van der Waals surface area (Å²) in [4.78, 5) is 0. The Labute approximate surface area is 60.6 Å². The number of aliphatic hydroxyl groups is 1. The highest BCUT2D eigenvalue weighted by molar-refractivity contribution is 7.85. The van der Waals surface area contributed by atoms with Crippen molar-refractivity contribution in [1.29, 1.82) is 0 Å². The van der Waals surface area contributed by atoms with Crippen molar-refractivity contribution in [2.24, 2.45) is 5.73 Å². The highest BCUT2D eigenvalue weighted by Crippen LogP contribution is 1.86. The van der Waals surface area contributed by atoms with Crippen LogP contribution < -0.4 is 5.73 Å². The summed E-state index contributed by atoms with van der Waals surface area (Å²) in [6.45, 7) is 1.29. The zero-order chi connectivity index (χ0) is 8.78. The zero-order valence-electron chi connectivity index (χ0n) is 5.98. The molecule has 5 nitrogen and oxygen atoms in total. The van der Waals surface area contributed by atoms with Gasteiger partial charge in [-0.3, -0.25) is 4.55 Å². The molecule has 0 amide bonds. The first-order valence-corrected chi connectivity index (χ1v) is 4.23. The Balaban J connectivity index is 0. The molecular formula is C4H13NO4S. The van der Waals surface area contributed by atoms with E-state index in [-0.39, 0.29) is 0 Å². The summed E-state index contributed by atoms with van der Waals surface area (Å²) in [5.41, 5.74) is 4.50. The summed E-state index contributed by atoms with van der Waals surface area (Å²) in [5.74, 6) is -0.590. The minimum atomic E-state index is -3.97. The van der Waals surface area contributed by atoms with E-state index >= 15 is 0 Å². The van der Waals surface area contributed by atoms with Crippen molar-refractivity contribution < 1.29 is 18.1 Å². The van der Waals surface area contributed by atoms with E-state index in [4.69, 9.17) is 9.66 Å². The molecule has 0 bridgehead atoms. The first-order chi connectivity index (χ1) is 4.42. The summed E-state index contributed by atoms with van der Waals surface area (Å²) in [7, 11) is -2.47. The van der Waals surface area contributed by atoms with E-state index in [0.717, 1.165) is 0 Å². The maximum absolute atomic E-state index is 9.84. The summed E-state index contributed by atoms with van der Waals surface area (Å²) in [6.07, 6.45) is -0.995. The van der Waals surface area contributed by atoms with Crippen molar-refractivity contribution in [3.05, 3.63) is 0 Å². The van der Waals surface area contributed by atoms with Crippen LogP contribution in [0.25, 0.3) is 0 Å². The largest absolute Gasteiger partial charge is 0.392 e. The van der Waals surface area contributed by atoms with Gasteiger partial charge in [-0.2, -0.15) is 8.42 Å². The molecule has 64 valence electrons. The molecule has 0 aromatic rings. The van der Waals surface area contributed by atoms with Gasteiger partial charge in [-0.05, 0) is 14.0 Å². The highest BCUT2D eigenvalue weighted by Gasteiger charge is 2.07. The second-order valence-electron chi connectivity index (χ2n) is 1.60. The van der Waals surface area contributed by atoms with Gasteiger partial charge >= 0.3 is 0 Å². The average molecular weight is 171 g/mol. The molecule has 0 spiro atoms. The smallest absolute Gasteiger partial charge is 0.267 e. The van der Waals surface area contributed by atoms with Crippen LogP contribution in [0, 0.1) is 0 Å². The zero-order valence-corrected chi connectivity index (χ0v) is 6.80. The topological polar surface area (TPSA) is 101 Å². The molecule has 6 heteroatoms. The summed E-state index contributed by atoms with van der Waals surface area (Å²) in [6, 6.07) is 0. The molecule has 0 saturated carbocycles. The second-order valence-corrected chi connectivity index (χ2v) is 3.09. The normalized spacial score (nSPS) is 13.3. The van der Waals surface area contributed by atoms with Crippen LogP contribution >= 0.6 is 0 Å². The van der Waals surface area contributed by atoms with Gasteiger partial charge in [0.05, 0.1) is 6.10 Å². The first-order valence-electron chi connectivity index (χ1n) is 2.63. The van der Waals surface area contributed by atoms with Gasteiger partial charge in [0, 0.05) is 0 Å². The maximum atomic E-state index is 9.84. The Hall–Kier alpha value is -0.170. The Morgan fingerprint density at radius 1 is 1.50 bits per heavy atom. The SMILES string of the molecule is CC(O)CS(=O)(=O)O.CN. The Morgan fingerprint density at radius 3 is 1.80 bits per heavy atom. The van der Waals surface area contributed by atoms with Crippen molar-refractivity contribution in [1.82, 2.24) is 0 Å². The number of rotatable bonds is 2. The van der Waals surface area contributed by atoms with Gasteiger partial charge in [-0.1, -0.05) is 0 Å². The van der Waals surface area contributed by atoms with Crippen molar-refractivity contribution >= 4 is 10.1 Å². The lowest BCUT2D eigenvalue weighted by molar-refractivity contribution is 0.215. The number of aliphatic hydroxyl groups excluding tert-OH is 1. The van der Waals surface area contributed by atoms with Crippen LogP contribution in [-0.4, -0.2) is 37.0 Å². The Morgan fingerprint density at radius 2 is 1.80 bits per heavy atom. The molecule has 0 aromatic heterocycles. The molecule has 0 radical (unpaired) electrons. The predicted octanol–water partition coefficient (Wildman–Crippen LogP) is -1.17. The van der Waals surface area contributed by atoms with Gasteiger partial charge in [0.1, 0.15) is 5.75 Å². The molecule has 1 atom stereocenters. The van der Waals surface area contributed by atoms with Crippen LogP contribution in [0.2, 0.25) is 0 Å². The average Bonchev–Trinajstić information content (AvgIpc) is 1.64. The van der Waals surface area contributed by atoms with Gasteiger partial charge in [0.25, 0.3) is 10.1 Å². The quantitative estimate of drug-likeness (QED) is 0.454. The molecular weight excluding hydrogens is 158 g/mol. The lowest BCUT2D eigenvalue weighted by Crippen LogP contribution is -2.16. The Kier molecular flexibility index (Phi) is 7.00. The van der Waals surface area contributed by atoms with Crippen molar-refractivity contribution in [2.45, 2.75) is 13.0 Å². The Bertz CT molecular complexity index is 151. The number of hydrogen-bond donors (Lipinski definition) is 3. The fraction of sp³-hybridized carbons (Fsp3) is 1.00. The van der Waals surface area contributed by atoms with Gasteiger partial charge in [-0.15, -0.1) is 0 Å². The van der Waals surface area contributed by atoms with Crippen molar-refractivity contribution in [2.75, 3.05) is 12.8 Å². The molecule has 0 rings (SSSR count). The van der Waals surface area contributed by atoms with Crippen LogP contribution in [0.5, 0.6) is 0 Å². The third-order valence-electron chi connectivity index (χ3n) is 0.452. The molecule has 1 unspecified atom stereocenters. The molecule has 0 aliphatic heterocycles. The molecule has 0 aliphatic rings. The fourth-order valence-electron chi connectivity index (χ4n) is 0.305. The second kappa shape index (κ2) is 5.60. The molecule has 0 aliphatic carbocycles. The minimum Gasteiger partial charge on any atom is -0.392 e. The van der Waals surface area contributed by atoms with Crippen LogP contribution in [0.4, 0.5) is 0 Å². The lowest BCUT2D eigenvalue weighted by atomic mass is 10.5. The molecule has 4 N–H and O–H groups in total. The molecule has 0 aromatic carbocycles. The van der Waals surface area contributed by atoms with E-state index in [1.54, 1.807) is 0 Å². The molecule has 0 fully saturated rings. The summed E-state index contributed by atoms with van der Waals surface area (Å²) >= 11 is 0. The lowest BCUT2D eigenvalue weighted by Gasteiger charge is -1.97. The van der Waals surface area contributed by atoms with E-state index in [1.807, 2.05) is 0 Å². The highest BCUT2D eigenvalue weighted by atomic mass is 32.2. The fourth-order valence-corrected chi connectivity index (χ4v) is 0.914. The molecule has 0 saturated heterocycles. The number of hydrogen-bond acceptors (Lipinski definition) is 4. The van der Waals surface area contributed by atoms with Gasteiger partial charge < -0.3 is 10.8 Å². The third kappa shape index (κ3) is 15.7. The van der Waals surface area contributed by atoms with Crippen LogP contribution in [0.1, 0.15) is 6.92 Å². The van der Waals surface area contributed by atoms with Crippen molar-refractivity contribution in [3.63, 3.8) is 0 Å². The monoisotopic (exact) mass is 171 g/mol. The van der Waals surface area contributed by atoms with Crippen LogP contribution in [0.3, 0.4) is 0 Å². The third-order valence-corrected chi connectivity index (χ3v) is 1.36. The van der Waals surface area contributed by atoms with Gasteiger partial charge in [0.2, 0.25) is 0 Å². The maximum Gasteiger partial charge on any atom is 0.267 e. The first kappa shape index (κ1) is 12.5. The molecule has 10 heavy (non-hydrogen) atoms. The number of nitrogens with two attached hydrogens (primary N) is 1. The van der Waals surface area contributed by atoms with E-state index in [0.29, 0.717) is 0 Å². The molecule has 0 heterocycles. The predicted molar refractivity (Wildman–Crippen MR) is 38.2 cm³/mol. The minimum absolute atomic E-state index is 0.590.